The second-order valence-corrected chi connectivity index (χ2v) is 14.6. The normalized spacial score (nSPS) is 11.6. The standard InChI is InChI=1S/C45H27N3S2/c1-4-12-28(13-5-1)33-24-37(29-14-6-2-7-15-29)42-38(25-33)36-23-21-32(27-41(36)50-42)45-47-43(30-16-8-3-9-17-30)46-44(48-45)31-20-22-35-34-18-10-11-19-39(34)49-40(35)26-31/h1-27H. The molecule has 7 aromatic carbocycles. The second kappa shape index (κ2) is 11.8. The van der Waals surface area contributed by atoms with Crippen LogP contribution in [-0.4, -0.2) is 15.0 Å². The molecule has 0 unspecified atom stereocenters. The van der Waals surface area contributed by atoms with Crippen molar-refractivity contribution < 1.29 is 0 Å². The predicted octanol–water partition coefficient (Wildman–Crippen LogP) is 12.9. The Morgan fingerprint density at radius 3 is 1.46 bits per heavy atom. The molecule has 0 aliphatic rings. The van der Waals surface area contributed by atoms with Crippen LogP contribution in [0.3, 0.4) is 0 Å². The molecule has 3 nitrogen and oxygen atoms in total. The number of nitrogens with zero attached hydrogens (tertiary/aromatic N) is 3. The van der Waals surface area contributed by atoms with E-state index < -0.39 is 0 Å². The van der Waals surface area contributed by atoms with E-state index in [9.17, 15) is 0 Å². The molecule has 0 atom stereocenters. The summed E-state index contributed by atoms with van der Waals surface area (Å²) in [4.78, 5) is 15.2. The maximum absolute atomic E-state index is 5.13. The van der Waals surface area contributed by atoms with Gasteiger partial charge in [0.2, 0.25) is 0 Å². The molecule has 3 aromatic heterocycles. The van der Waals surface area contributed by atoms with Gasteiger partial charge in [-0.2, -0.15) is 0 Å². The second-order valence-electron chi connectivity index (χ2n) is 12.4. The molecule has 0 amide bonds. The van der Waals surface area contributed by atoms with E-state index in [2.05, 4.69) is 146 Å². The van der Waals surface area contributed by atoms with Crippen molar-refractivity contribution in [3.8, 4) is 56.4 Å². The van der Waals surface area contributed by atoms with Gasteiger partial charge in [0.15, 0.2) is 17.5 Å². The van der Waals surface area contributed by atoms with Gasteiger partial charge in [0.05, 0.1) is 0 Å². The van der Waals surface area contributed by atoms with Crippen LogP contribution in [0, 0.1) is 0 Å². The fourth-order valence-electron chi connectivity index (χ4n) is 6.86. The number of benzene rings is 7. The van der Waals surface area contributed by atoms with Crippen molar-refractivity contribution in [2.24, 2.45) is 0 Å². The molecule has 0 saturated carbocycles. The Morgan fingerprint density at radius 2 is 0.800 bits per heavy atom. The van der Waals surface area contributed by atoms with Crippen molar-refractivity contribution in [3.05, 3.63) is 164 Å². The molecule has 0 radical (unpaired) electrons. The van der Waals surface area contributed by atoms with Crippen molar-refractivity contribution in [2.45, 2.75) is 0 Å². The zero-order chi connectivity index (χ0) is 33.0. The monoisotopic (exact) mass is 673 g/mol. The van der Waals surface area contributed by atoms with Gasteiger partial charge in [-0.15, -0.1) is 22.7 Å². The molecule has 3 heterocycles. The summed E-state index contributed by atoms with van der Waals surface area (Å²) in [6.45, 7) is 0. The number of hydrogen-bond acceptors (Lipinski definition) is 5. The van der Waals surface area contributed by atoms with Gasteiger partial charge in [-0.1, -0.05) is 133 Å². The summed E-state index contributed by atoms with van der Waals surface area (Å²) in [7, 11) is 0. The van der Waals surface area contributed by atoms with Gasteiger partial charge >= 0.3 is 0 Å². The summed E-state index contributed by atoms with van der Waals surface area (Å²) < 4.78 is 4.99. The summed E-state index contributed by atoms with van der Waals surface area (Å²) in [5.41, 5.74) is 7.80. The summed E-state index contributed by atoms with van der Waals surface area (Å²) in [6.07, 6.45) is 0. The molecule has 0 saturated heterocycles. The molecule has 0 aliphatic heterocycles. The SMILES string of the molecule is c1ccc(-c2cc(-c3ccccc3)c3sc4cc(-c5nc(-c6ccccc6)nc(-c6ccc7c(c6)sc6ccccc67)n5)ccc4c3c2)cc1. The van der Waals surface area contributed by atoms with Gasteiger partial charge in [-0.05, 0) is 47.0 Å². The first-order valence-corrected chi connectivity index (χ1v) is 18.2. The van der Waals surface area contributed by atoms with Crippen LogP contribution in [0.5, 0.6) is 0 Å². The Bertz CT molecular complexity index is 2860. The number of rotatable bonds is 5. The Kier molecular flexibility index (Phi) is 6.86. The lowest BCUT2D eigenvalue weighted by molar-refractivity contribution is 1.08. The third kappa shape index (κ3) is 4.98. The summed E-state index contributed by atoms with van der Waals surface area (Å²) in [5, 5.41) is 5.03. The fraction of sp³-hybridized carbons (Fsp3) is 0. The quantitative estimate of drug-likeness (QED) is 0.182. The van der Waals surface area contributed by atoms with Crippen molar-refractivity contribution in [1.82, 2.24) is 15.0 Å². The first kappa shape index (κ1) is 29.0. The Morgan fingerprint density at radius 1 is 0.300 bits per heavy atom. The number of hydrogen-bond donors (Lipinski definition) is 0. The van der Waals surface area contributed by atoms with Crippen LogP contribution < -0.4 is 0 Å². The lowest BCUT2D eigenvalue weighted by Gasteiger charge is -2.09. The summed E-state index contributed by atoms with van der Waals surface area (Å²) in [5.74, 6) is 2.00. The molecule has 5 heteroatoms. The predicted molar refractivity (Wildman–Crippen MR) is 213 cm³/mol. The van der Waals surface area contributed by atoms with Crippen molar-refractivity contribution >= 4 is 63.0 Å². The van der Waals surface area contributed by atoms with Crippen LogP contribution in [0.4, 0.5) is 0 Å². The highest BCUT2D eigenvalue weighted by Crippen LogP contribution is 2.44. The van der Waals surface area contributed by atoms with Gasteiger partial charge < -0.3 is 0 Å². The van der Waals surface area contributed by atoms with E-state index in [0.717, 1.165) is 16.7 Å². The Hall–Kier alpha value is -6.01. The number of aromatic nitrogens is 3. The minimum atomic E-state index is 0.664. The number of thiophene rings is 2. The number of fused-ring (bicyclic) bond motifs is 6. The molecule has 0 bridgehead atoms. The van der Waals surface area contributed by atoms with Gasteiger partial charge in [-0.25, -0.2) is 15.0 Å². The largest absolute Gasteiger partial charge is 0.208 e. The first-order valence-electron chi connectivity index (χ1n) is 16.6. The van der Waals surface area contributed by atoms with Crippen LogP contribution in [0.25, 0.3) is 96.8 Å². The molecule has 0 fully saturated rings. The van der Waals surface area contributed by atoms with Gasteiger partial charge in [0.1, 0.15) is 0 Å². The topological polar surface area (TPSA) is 38.7 Å². The van der Waals surface area contributed by atoms with E-state index in [0.29, 0.717) is 17.5 Å². The van der Waals surface area contributed by atoms with Crippen LogP contribution in [0.2, 0.25) is 0 Å². The van der Waals surface area contributed by atoms with Gasteiger partial charge in [0.25, 0.3) is 0 Å². The Balaban J connectivity index is 1.15. The van der Waals surface area contributed by atoms with Crippen LogP contribution in [0.1, 0.15) is 0 Å². The smallest absolute Gasteiger partial charge is 0.164 e. The molecule has 0 spiro atoms. The molecule has 10 aromatic rings. The minimum absolute atomic E-state index is 0.664. The third-order valence-corrected chi connectivity index (χ3v) is 11.7. The average Bonchev–Trinajstić information content (AvgIpc) is 3.76. The van der Waals surface area contributed by atoms with Crippen LogP contribution in [-0.2, 0) is 0 Å². The molecule has 234 valence electrons. The van der Waals surface area contributed by atoms with Crippen molar-refractivity contribution in [1.29, 1.82) is 0 Å². The van der Waals surface area contributed by atoms with Crippen LogP contribution >= 0.6 is 22.7 Å². The molecular formula is C45H27N3S2. The maximum Gasteiger partial charge on any atom is 0.164 e. The lowest BCUT2D eigenvalue weighted by atomic mass is 9.96. The van der Waals surface area contributed by atoms with Crippen LogP contribution in [0.15, 0.2) is 164 Å². The molecular weight excluding hydrogens is 647 g/mol. The molecule has 0 aliphatic carbocycles. The van der Waals surface area contributed by atoms with E-state index in [1.807, 2.05) is 29.5 Å². The fourth-order valence-corrected chi connectivity index (χ4v) is 9.27. The maximum atomic E-state index is 5.13. The highest BCUT2D eigenvalue weighted by molar-refractivity contribution is 7.26. The average molecular weight is 674 g/mol. The van der Waals surface area contributed by atoms with Crippen molar-refractivity contribution in [2.75, 3.05) is 0 Å². The third-order valence-electron chi connectivity index (χ3n) is 9.33. The Labute approximate surface area is 296 Å². The summed E-state index contributed by atoms with van der Waals surface area (Å²) >= 11 is 3.63. The first-order chi connectivity index (χ1) is 24.7. The highest BCUT2D eigenvalue weighted by Gasteiger charge is 2.17. The zero-order valence-corrected chi connectivity index (χ0v) is 28.4. The molecule has 50 heavy (non-hydrogen) atoms. The summed E-state index contributed by atoms with van der Waals surface area (Å²) in [6, 6.07) is 58.0. The lowest BCUT2D eigenvalue weighted by Crippen LogP contribution is -2.00. The van der Waals surface area contributed by atoms with E-state index in [1.165, 1.54) is 62.6 Å². The van der Waals surface area contributed by atoms with E-state index in [-0.39, 0.29) is 0 Å². The zero-order valence-electron chi connectivity index (χ0n) is 26.7. The van der Waals surface area contributed by atoms with E-state index >= 15 is 0 Å². The van der Waals surface area contributed by atoms with Gasteiger partial charge in [-0.3, -0.25) is 0 Å². The van der Waals surface area contributed by atoms with Gasteiger partial charge in [0, 0.05) is 62.6 Å². The minimum Gasteiger partial charge on any atom is -0.208 e. The highest BCUT2D eigenvalue weighted by atomic mass is 32.1. The van der Waals surface area contributed by atoms with E-state index in [1.54, 1.807) is 11.3 Å². The van der Waals surface area contributed by atoms with Crippen molar-refractivity contribution in [3.63, 3.8) is 0 Å². The molecule has 10 rings (SSSR count). The molecule has 0 N–H and O–H groups in total. The van der Waals surface area contributed by atoms with E-state index in [4.69, 9.17) is 15.0 Å².